The predicted molar refractivity (Wildman–Crippen MR) is 81.9 cm³/mol. The second-order valence-electron chi connectivity index (χ2n) is 7.05. The van der Waals surface area contributed by atoms with Crippen LogP contribution in [-0.4, -0.2) is 66.1 Å². The molecule has 1 amide bonds. The van der Waals surface area contributed by atoms with Crippen molar-refractivity contribution in [3.05, 3.63) is 0 Å². The highest BCUT2D eigenvalue weighted by molar-refractivity contribution is 5.79. The molecule has 1 unspecified atom stereocenters. The van der Waals surface area contributed by atoms with Crippen LogP contribution < -0.4 is 5.73 Å². The van der Waals surface area contributed by atoms with Gasteiger partial charge in [-0.2, -0.15) is 0 Å². The van der Waals surface area contributed by atoms with Gasteiger partial charge in [0, 0.05) is 32.7 Å². The van der Waals surface area contributed by atoms with Crippen molar-refractivity contribution in [2.45, 2.75) is 33.6 Å². The molecule has 1 fully saturated rings. The van der Waals surface area contributed by atoms with Crippen molar-refractivity contribution in [1.29, 1.82) is 0 Å². The lowest BCUT2D eigenvalue weighted by atomic mass is 9.84. The van der Waals surface area contributed by atoms with Gasteiger partial charge in [0.1, 0.15) is 0 Å². The topological polar surface area (TPSA) is 86.9 Å². The largest absolute Gasteiger partial charge is 0.480 e. The Balaban J connectivity index is 2.59. The summed E-state index contributed by atoms with van der Waals surface area (Å²) in [5, 5.41) is 8.85. The molecular weight excluding hydrogens is 270 g/mol. The molecule has 0 aromatic heterocycles. The maximum atomic E-state index is 12.6. The molecule has 0 aromatic rings. The number of hydrogen-bond acceptors (Lipinski definition) is 4. The molecule has 0 bridgehead atoms. The Labute approximate surface area is 127 Å². The second-order valence-corrected chi connectivity index (χ2v) is 7.05. The minimum absolute atomic E-state index is 0.0460. The lowest BCUT2D eigenvalue weighted by Crippen LogP contribution is -2.42. The van der Waals surface area contributed by atoms with E-state index in [0.717, 1.165) is 19.4 Å². The fourth-order valence-electron chi connectivity index (χ4n) is 2.81. The molecule has 1 heterocycles. The molecule has 6 heteroatoms. The Hall–Kier alpha value is -1.14. The van der Waals surface area contributed by atoms with Gasteiger partial charge in [0.2, 0.25) is 5.91 Å². The summed E-state index contributed by atoms with van der Waals surface area (Å²) in [4.78, 5) is 27.1. The molecule has 21 heavy (non-hydrogen) atoms. The van der Waals surface area contributed by atoms with E-state index in [-0.39, 0.29) is 23.8 Å². The van der Waals surface area contributed by atoms with Crippen LogP contribution >= 0.6 is 0 Å². The summed E-state index contributed by atoms with van der Waals surface area (Å²) < 4.78 is 0. The molecule has 1 saturated heterocycles. The number of hydrogen-bond donors (Lipinski definition) is 2. The van der Waals surface area contributed by atoms with Crippen LogP contribution in [0.1, 0.15) is 33.6 Å². The van der Waals surface area contributed by atoms with Gasteiger partial charge in [0.15, 0.2) is 0 Å². The molecular formula is C15H29N3O3. The number of carboxylic acids is 1. The van der Waals surface area contributed by atoms with Gasteiger partial charge in [0.05, 0.1) is 12.5 Å². The lowest BCUT2D eigenvalue weighted by molar-refractivity contribution is -0.138. The highest BCUT2D eigenvalue weighted by Crippen LogP contribution is 2.25. The minimum Gasteiger partial charge on any atom is -0.480 e. The molecule has 0 saturated carbocycles. The first kappa shape index (κ1) is 17.9. The molecule has 0 aromatic carbocycles. The molecule has 0 aliphatic carbocycles. The highest BCUT2D eigenvalue weighted by Gasteiger charge is 2.28. The van der Waals surface area contributed by atoms with Gasteiger partial charge in [0.25, 0.3) is 0 Å². The number of nitrogens with two attached hydrogens (primary N) is 1. The quantitative estimate of drug-likeness (QED) is 0.777. The van der Waals surface area contributed by atoms with E-state index >= 15 is 0 Å². The van der Waals surface area contributed by atoms with Gasteiger partial charge in [-0.25, -0.2) is 0 Å². The van der Waals surface area contributed by atoms with E-state index in [1.165, 1.54) is 0 Å². The number of carboxylic acid groups (broad SMARTS) is 1. The fourth-order valence-corrected chi connectivity index (χ4v) is 2.81. The zero-order chi connectivity index (χ0) is 16.0. The monoisotopic (exact) mass is 299 g/mol. The van der Waals surface area contributed by atoms with Gasteiger partial charge in [-0.15, -0.1) is 0 Å². The molecule has 0 radical (unpaired) electrons. The fraction of sp³-hybridized carbons (Fsp3) is 0.867. The van der Waals surface area contributed by atoms with Gasteiger partial charge in [-0.05, 0) is 18.3 Å². The minimum atomic E-state index is -0.817. The Morgan fingerprint density at radius 2 is 1.86 bits per heavy atom. The first-order chi connectivity index (χ1) is 9.73. The Bertz CT molecular complexity index is 366. The van der Waals surface area contributed by atoms with Crippen molar-refractivity contribution in [2.75, 3.05) is 39.3 Å². The second kappa shape index (κ2) is 7.75. The first-order valence-corrected chi connectivity index (χ1v) is 7.66. The highest BCUT2D eigenvalue weighted by atomic mass is 16.4. The molecule has 122 valence electrons. The average Bonchev–Trinajstić information content (AvgIpc) is 2.59. The molecule has 0 spiro atoms. The average molecular weight is 299 g/mol. The molecule has 3 N–H and O–H groups in total. The van der Waals surface area contributed by atoms with Crippen LogP contribution in [0.25, 0.3) is 0 Å². The summed E-state index contributed by atoms with van der Waals surface area (Å²) in [7, 11) is 0. The Morgan fingerprint density at radius 1 is 1.19 bits per heavy atom. The molecule has 1 aliphatic heterocycles. The van der Waals surface area contributed by atoms with Crippen LogP contribution in [0.3, 0.4) is 0 Å². The Kier molecular flexibility index (Phi) is 6.61. The van der Waals surface area contributed by atoms with Gasteiger partial charge in [-0.1, -0.05) is 20.8 Å². The third-order valence-electron chi connectivity index (χ3n) is 3.75. The van der Waals surface area contributed by atoms with E-state index in [1.54, 1.807) is 0 Å². The molecule has 6 nitrogen and oxygen atoms in total. The molecule has 1 aliphatic rings. The van der Waals surface area contributed by atoms with E-state index in [2.05, 4.69) is 20.8 Å². The Morgan fingerprint density at radius 3 is 2.38 bits per heavy atom. The van der Waals surface area contributed by atoms with Crippen molar-refractivity contribution in [3.63, 3.8) is 0 Å². The SMILES string of the molecule is CC(C)(C)CC(CN)C(=O)N1CCCN(CC(=O)O)CC1. The van der Waals surface area contributed by atoms with E-state index in [1.807, 2.05) is 9.80 Å². The molecule has 1 rings (SSSR count). The summed E-state index contributed by atoms with van der Waals surface area (Å²) >= 11 is 0. The summed E-state index contributed by atoms with van der Waals surface area (Å²) in [6.45, 7) is 9.37. The normalized spacial score (nSPS) is 19.1. The van der Waals surface area contributed by atoms with E-state index in [4.69, 9.17) is 10.8 Å². The first-order valence-electron chi connectivity index (χ1n) is 7.66. The lowest BCUT2D eigenvalue weighted by Gasteiger charge is -2.29. The maximum absolute atomic E-state index is 12.6. The summed E-state index contributed by atoms with van der Waals surface area (Å²) in [6.07, 6.45) is 1.59. The maximum Gasteiger partial charge on any atom is 0.317 e. The number of amides is 1. The van der Waals surface area contributed by atoms with Crippen LogP contribution in [0.2, 0.25) is 0 Å². The van der Waals surface area contributed by atoms with Crippen molar-refractivity contribution in [2.24, 2.45) is 17.1 Å². The van der Waals surface area contributed by atoms with Crippen molar-refractivity contribution in [1.82, 2.24) is 9.80 Å². The van der Waals surface area contributed by atoms with E-state index < -0.39 is 5.97 Å². The van der Waals surface area contributed by atoms with Crippen molar-refractivity contribution >= 4 is 11.9 Å². The van der Waals surface area contributed by atoms with Gasteiger partial charge in [-0.3, -0.25) is 14.5 Å². The molecule has 1 atom stereocenters. The van der Waals surface area contributed by atoms with E-state index in [0.29, 0.717) is 26.2 Å². The van der Waals surface area contributed by atoms with Crippen molar-refractivity contribution < 1.29 is 14.7 Å². The van der Waals surface area contributed by atoms with Crippen LogP contribution in [0.4, 0.5) is 0 Å². The zero-order valence-corrected chi connectivity index (χ0v) is 13.5. The van der Waals surface area contributed by atoms with Crippen LogP contribution in [0.5, 0.6) is 0 Å². The summed E-state index contributed by atoms with van der Waals surface area (Å²) in [6, 6.07) is 0. The van der Waals surface area contributed by atoms with Gasteiger partial charge < -0.3 is 15.7 Å². The number of aliphatic carboxylic acids is 1. The number of carbonyl (C=O) groups excluding carboxylic acids is 1. The predicted octanol–water partition coefficient (Wildman–Crippen LogP) is 0.616. The summed E-state index contributed by atoms with van der Waals surface area (Å²) in [5.41, 5.74) is 5.85. The third-order valence-corrected chi connectivity index (χ3v) is 3.75. The standard InChI is InChI=1S/C15H29N3O3/c1-15(2,3)9-12(10-16)14(21)18-6-4-5-17(7-8-18)11-13(19)20/h12H,4-11,16H2,1-3H3,(H,19,20). The van der Waals surface area contributed by atoms with Crippen molar-refractivity contribution in [3.8, 4) is 0 Å². The summed E-state index contributed by atoms with van der Waals surface area (Å²) in [5.74, 6) is -0.844. The van der Waals surface area contributed by atoms with E-state index in [9.17, 15) is 9.59 Å². The van der Waals surface area contributed by atoms with Crippen LogP contribution in [-0.2, 0) is 9.59 Å². The third kappa shape index (κ3) is 6.44. The number of carbonyl (C=O) groups is 2. The van der Waals surface area contributed by atoms with Crippen LogP contribution in [0.15, 0.2) is 0 Å². The number of nitrogens with zero attached hydrogens (tertiary/aromatic N) is 2. The number of rotatable bonds is 5. The smallest absolute Gasteiger partial charge is 0.317 e. The zero-order valence-electron chi connectivity index (χ0n) is 13.5. The van der Waals surface area contributed by atoms with Gasteiger partial charge >= 0.3 is 5.97 Å². The van der Waals surface area contributed by atoms with Crippen LogP contribution in [0, 0.1) is 11.3 Å².